The molecule has 1 aromatic rings. The molecule has 38 heteroatoms. The van der Waals surface area contributed by atoms with Crippen LogP contribution in [0.4, 0.5) is 0 Å². The van der Waals surface area contributed by atoms with E-state index in [0.717, 1.165) is 13.1 Å². The second-order valence-electron chi connectivity index (χ2n) is 22.8. The summed E-state index contributed by atoms with van der Waals surface area (Å²) >= 11 is 0. The quantitative estimate of drug-likeness (QED) is 0.0164. The molecule has 0 spiro atoms. The third-order valence-electron chi connectivity index (χ3n) is 14.7. The zero-order chi connectivity index (χ0) is 70.7. The van der Waals surface area contributed by atoms with Gasteiger partial charge in [-0.25, -0.2) is 0 Å². The number of aliphatic hydroxyl groups is 9. The fourth-order valence-corrected chi connectivity index (χ4v) is 10.0. The number of rotatable bonds is 54. The molecule has 3 heterocycles. The van der Waals surface area contributed by atoms with Crippen molar-refractivity contribution in [1.82, 2.24) is 26.6 Å². The number of ether oxygens (including phenoxy) is 14. The molecule has 0 aliphatic carbocycles. The third-order valence-corrected chi connectivity index (χ3v) is 15.2. The maximum Gasteiger partial charge on any atom is 0.313 e. The van der Waals surface area contributed by atoms with Gasteiger partial charge in [-0.2, -0.15) is 0 Å². The Morgan fingerprint density at radius 3 is 1.09 bits per heavy atom. The van der Waals surface area contributed by atoms with E-state index in [1.54, 1.807) is 24.3 Å². The molecule has 3 aliphatic rings. The van der Waals surface area contributed by atoms with Gasteiger partial charge in [-0.3, -0.25) is 28.5 Å². The minimum Gasteiger partial charge on any atom is -0.432 e. The Kier molecular flexibility index (Phi) is 43.3. The van der Waals surface area contributed by atoms with Crippen molar-refractivity contribution < 1.29 is 150 Å². The van der Waals surface area contributed by atoms with Crippen molar-refractivity contribution in [2.75, 3.05) is 172 Å². The van der Waals surface area contributed by atoms with Crippen molar-refractivity contribution in [1.29, 1.82) is 0 Å². The van der Waals surface area contributed by atoms with Gasteiger partial charge in [-0.15, -0.1) is 0 Å². The number of benzene rings is 1. The topological polar surface area (TPSA) is 503 Å². The van der Waals surface area contributed by atoms with Gasteiger partial charge in [0.25, 0.3) is 7.57 Å². The molecule has 3 aliphatic heterocycles. The van der Waals surface area contributed by atoms with Crippen LogP contribution in [0.3, 0.4) is 0 Å². The number of aliphatic hydroxyl groups excluding tert-OH is 9. The second kappa shape index (κ2) is 49.3. The van der Waals surface area contributed by atoms with E-state index in [0.29, 0.717) is 6.42 Å². The molecule has 1 aromatic carbocycles. The number of carbonyl (C=O) groups excluding carboxylic acids is 5. The molecule has 0 radical (unpaired) electrons. The molecular formula is C59H103BN5O31P. The van der Waals surface area contributed by atoms with Gasteiger partial charge in [0.2, 0.25) is 29.5 Å². The lowest BCUT2D eigenvalue weighted by Crippen LogP contribution is -2.59. The van der Waals surface area contributed by atoms with Crippen molar-refractivity contribution in [3.05, 3.63) is 29.8 Å². The minimum absolute atomic E-state index is 0.00153. The summed E-state index contributed by atoms with van der Waals surface area (Å²) in [5, 5.41) is 102. The Labute approximate surface area is 564 Å². The Balaban J connectivity index is 1.26. The van der Waals surface area contributed by atoms with Crippen LogP contribution < -0.4 is 31.1 Å². The second-order valence-corrected chi connectivity index (χ2v) is 24.6. The molecule has 0 aromatic heterocycles. The highest BCUT2D eigenvalue weighted by molar-refractivity contribution is 7.79. The Hall–Kier alpha value is -4.30. The van der Waals surface area contributed by atoms with E-state index in [2.05, 4.69) is 26.6 Å². The van der Waals surface area contributed by atoms with Gasteiger partial charge in [-0.1, -0.05) is 12.1 Å². The maximum absolute atomic E-state index is 13.7. The summed E-state index contributed by atoms with van der Waals surface area (Å²) in [4.78, 5) is 74.2. The zero-order valence-corrected chi connectivity index (χ0v) is 55.9. The van der Waals surface area contributed by atoms with Gasteiger partial charge in [0, 0.05) is 77.5 Å². The third kappa shape index (κ3) is 37.3. The lowest BCUT2D eigenvalue weighted by molar-refractivity contribution is -0.258. The van der Waals surface area contributed by atoms with E-state index >= 15 is 0 Å². The molecule has 5 amide bonds. The van der Waals surface area contributed by atoms with E-state index in [-0.39, 0.29) is 215 Å². The maximum atomic E-state index is 13.7. The largest absolute Gasteiger partial charge is 0.432 e. The van der Waals surface area contributed by atoms with Crippen LogP contribution in [0, 0.1) is 0 Å². The first-order valence-electron chi connectivity index (χ1n) is 32.4. The molecule has 97 heavy (non-hydrogen) atoms. The lowest BCUT2D eigenvalue weighted by atomic mass is 10.0. The van der Waals surface area contributed by atoms with Crippen LogP contribution in [0.15, 0.2) is 24.3 Å². The average Bonchev–Trinajstić information content (AvgIpc) is 0.909. The van der Waals surface area contributed by atoms with E-state index in [1.807, 2.05) is 0 Å². The van der Waals surface area contributed by atoms with Crippen LogP contribution in [0.2, 0.25) is 0 Å². The number of amides is 5. The first-order valence-corrected chi connectivity index (χ1v) is 34.5. The summed E-state index contributed by atoms with van der Waals surface area (Å²) in [5.74, 6) is -1.69. The smallest absolute Gasteiger partial charge is 0.313 e. The normalized spacial score (nSPS) is 24.7. The van der Waals surface area contributed by atoms with Crippen LogP contribution >= 0.6 is 7.47 Å². The van der Waals surface area contributed by atoms with Crippen LogP contribution in [-0.2, 0) is 101 Å². The first-order chi connectivity index (χ1) is 46.6. The van der Waals surface area contributed by atoms with Crippen molar-refractivity contribution in [2.45, 2.75) is 137 Å². The van der Waals surface area contributed by atoms with Crippen LogP contribution in [0.25, 0.3) is 0 Å². The Morgan fingerprint density at radius 1 is 0.443 bits per heavy atom. The summed E-state index contributed by atoms with van der Waals surface area (Å²) in [7, 11) is -2.62. The summed E-state index contributed by atoms with van der Waals surface area (Å²) in [6.07, 6.45) is -12.7. The number of carbonyl (C=O) groups is 5. The highest BCUT2D eigenvalue weighted by Gasteiger charge is 2.40. The molecular weight excluding hydrogens is 1320 g/mol. The van der Waals surface area contributed by atoms with Crippen molar-refractivity contribution in [3.8, 4) is 5.75 Å². The van der Waals surface area contributed by atoms with Gasteiger partial charge in [0.1, 0.15) is 47.9 Å². The SMILES string of the molecule is BP(=O)(O)Oc1ccc(CCC(=O)NCCOCCOCCC(=O)NC(COCCC(=O)NCCOCCOC2CC(O)C(O)C(CO)O2)(COCCC(=O)NCCOCCOC2CC(O)C(O)C(CO)O2)COCCC(=O)NCCOCCOC2CC(O)C(O)C(CO)O2)cc1. The van der Waals surface area contributed by atoms with Gasteiger partial charge >= 0.3 is 7.47 Å². The molecule has 36 nitrogen and oxygen atoms in total. The number of hydrogen-bond acceptors (Lipinski definition) is 30. The molecule has 3 fully saturated rings. The van der Waals surface area contributed by atoms with E-state index < -0.39 is 130 Å². The molecule has 0 bridgehead atoms. The average molecular weight is 1420 g/mol. The summed E-state index contributed by atoms with van der Waals surface area (Å²) in [6, 6.07) is 6.50. The fraction of sp³-hybridized carbons (Fsp3) is 0.814. The predicted octanol–water partition coefficient (Wildman–Crippen LogP) is -6.72. The highest BCUT2D eigenvalue weighted by atomic mass is 31.2. The monoisotopic (exact) mass is 1420 g/mol. The first kappa shape index (κ1) is 85.1. The fourth-order valence-electron chi connectivity index (χ4n) is 9.49. The van der Waals surface area contributed by atoms with E-state index in [1.165, 1.54) is 0 Å². The minimum atomic E-state index is -3.70. The zero-order valence-electron chi connectivity index (χ0n) is 55.0. The molecule has 0 saturated carbocycles. The molecule has 13 atom stereocenters. The Morgan fingerprint density at radius 2 is 0.753 bits per heavy atom. The highest BCUT2D eigenvalue weighted by Crippen LogP contribution is 2.37. The van der Waals surface area contributed by atoms with Gasteiger partial charge in [-0.05, 0) is 24.1 Å². The van der Waals surface area contributed by atoms with Crippen molar-refractivity contribution in [2.24, 2.45) is 0 Å². The van der Waals surface area contributed by atoms with Gasteiger partial charge in [0.05, 0.1) is 164 Å². The molecule has 3 saturated heterocycles. The van der Waals surface area contributed by atoms with Crippen molar-refractivity contribution in [3.63, 3.8) is 0 Å². The molecule has 15 N–H and O–H groups in total. The molecule has 13 unspecified atom stereocenters. The number of hydrogen-bond donors (Lipinski definition) is 15. The van der Waals surface area contributed by atoms with E-state index in [4.69, 9.17) is 70.8 Å². The predicted molar refractivity (Wildman–Crippen MR) is 337 cm³/mol. The molecule has 4 rings (SSSR count). The number of aryl methyl sites for hydroxylation is 1. The summed E-state index contributed by atoms with van der Waals surface area (Å²) in [5.41, 5.74) is -0.646. The standard InChI is InChI=1S/C59H103BN5O31P/c60-97(80,81)96-41-4-1-40(2-5-41)3-6-48(72)61-11-19-83-24-23-82-15-10-52(76)65-59(37-87-16-7-49(73)62-12-20-84-25-28-90-53-31-42(69)56(77)45(34-66)93-53,38-88-17-8-50(74)63-13-21-85-26-29-91-54-32-43(70)57(78)46(35-67)94-54)39-89-18-9-51(75)64-14-22-86-27-30-92-55-33-44(71)58(79)47(36-68)95-55/h1-2,4-5,42-47,53-58,66-71,77-79H,3,6-39,60H2,(H,61,72)(H,62,73)(H,63,74)(H,64,75)(H,65,76)(H,80,81). The summed E-state index contributed by atoms with van der Waals surface area (Å²) < 4.78 is 95.3. The van der Waals surface area contributed by atoms with Gasteiger partial charge < -0.3 is 148 Å². The van der Waals surface area contributed by atoms with Crippen LogP contribution in [0.1, 0.15) is 56.9 Å². The lowest BCUT2D eigenvalue weighted by Gasteiger charge is -2.36. The van der Waals surface area contributed by atoms with Crippen LogP contribution in [-0.4, -0.2) is 339 Å². The summed E-state index contributed by atoms with van der Waals surface area (Å²) in [6.45, 7) is -1.02. The molecule has 558 valence electrons. The van der Waals surface area contributed by atoms with Gasteiger partial charge in [0.15, 0.2) is 18.9 Å². The Bertz CT molecular complexity index is 2220. The van der Waals surface area contributed by atoms with Crippen LogP contribution in [0.5, 0.6) is 5.75 Å². The number of nitrogens with one attached hydrogen (secondary N) is 5. The van der Waals surface area contributed by atoms with E-state index in [9.17, 15) is 79.4 Å². The van der Waals surface area contributed by atoms with Crippen molar-refractivity contribution >= 4 is 44.6 Å².